The molecule has 0 aliphatic heterocycles. The lowest BCUT2D eigenvalue weighted by atomic mass is 9.89. The van der Waals surface area contributed by atoms with Gasteiger partial charge in [-0.2, -0.15) is 0 Å². The number of nitrogens with zero attached hydrogens (tertiary/aromatic N) is 1. The van der Waals surface area contributed by atoms with Crippen LogP contribution in [-0.2, 0) is 4.74 Å². The fourth-order valence-electron chi connectivity index (χ4n) is 2.08. The average Bonchev–Trinajstić information content (AvgIpc) is 2.50. The van der Waals surface area contributed by atoms with Crippen molar-refractivity contribution in [2.45, 2.75) is 26.9 Å². The van der Waals surface area contributed by atoms with Crippen molar-refractivity contribution in [3.05, 3.63) is 29.8 Å². The van der Waals surface area contributed by atoms with E-state index >= 15 is 0 Å². The molecule has 0 radical (unpaired) electrons. The van der Waals surface area contributed by atoms with Crippen molar-refractivity contribution in [2.24, 2.45) is 10.4 Å². The minimum absolute atomic E-state index is 0.00379. The summed E-state index contributed by atoms with van der Waals surface area (Å²) in [7, 11) is 3.34. The Morgan fingerprint density at radius 2 is 1.96 bits per heavy atom. The standard InChI is InChI=1S/C17H27F2N3O2/c1-17(2,3)15(23-5)11-22-16(20-4)21-8-9-24-14-7-6-12(18)10-13(14)19/h6-7,10,15H,8-9,11H2,1-5H3,(H2,20,21,22). The zero-order chi connectivity index (χ0) is 18.2. The Balaban J connectivity index is 2.37. The minimum atomic E-state index is -0.717. The highest BCUT2D eigenvalue weighted by atomic mass is 19.1. The Bertz CT molecular complexity index is 545. The molecule has 0 aliphatic rings. The summed E-state index contributed by atoms with van der Waals surface area (Å²) in [6.45, 7) is 7.55. The molecule has 0 amide bonds. The summed E-state index contributed by atoms with van der Waals surface area (Å²) >= 11 is 0. The van der Waals surface area contributed by atoms with Crippen LogP contribution >= 0.6 is 0 Å². The first-order valence-corrected chi connectivity index (χ1v) is 7.83. The number of nitrogens with one attached hydrogen (secondary N) is 2. The van der Waals surface area contributed by atoms with Gasteiger partial charge < -0.3 is 20.1 Å². The number of hydrogen-bond donors (Lipinski definition) is 2. The van der Waals surface area contributed by atoms with Crippen molar-refractivity contribution in [1.29, 1.82) is 0 Å². The van der Waals surface area contributed by atoms with Crippen molar-refractivity contribution in [1.82, 2.24) is 10.6 Å². The summed E-state index contributed by atoms with van der Waals surface area (Å²) in [6.07, 6.45) is 0.0283. The monoisotopic (exact) mass is 343 g/mol. The van der Waals surface area contributed by atoms with Crippen molar-refractivity contribution in [3.8, 4) is 5.75 Å². The smallest absolute Gasteiger partial charge is 0.191 e. The van der Waals surface area contributed by atoms with Gasteiger partial charge in [-0.3, -0.25) is 4.99 Å². The number of benzene rings is 1. The van der Waals surface area contributed by atoms with E-state index in [0.29, 0.717) is 19.0 Å². The Morgan fingerprint density at radius 1 is 1.25 bits per heavy atom. The van der Waals surface area contributed by atoms with Gasteiger partial charge in [-0.15, -0.1) is 0 Å². The largest absolute Gasteiger partial charge is 0.489 e. The highest BCUT2D eigenvalue weighted by Gasteiger charge is 2.24. The molecule has 2 N–H and O–H groups in total. The van der Waals surface area contributed by atoms with Crippen LogP contribution in [0.1, 0.15) is 20.8 Å². The first-order valence-electron chi connectivity index (χ1n) is 7.83. The SMILES string of the molecule is CN=C(NCCOc1ccc(F)cc1F)NCC(OC)C(C)(C)C. The topological polar surface area (TPSA) is 54.9 Å². The van der Waals surface area contributed by atoms with E-state index in [1.165, 1.54) is 6.07 Å². The van der Waals surface area contributed by atoms with E-state index in [0.717, 1.165) is 12.1 Å². The highest BCUT2D eigenvalue weighted by molar-refractivity contribution is 5.79. The predicted octanol–water partition coefficient (Wildman–Crippen LogP) is 2.57. The lowest BCUT2D eigenvalue weighted by Crippen LogP contribution is -2.46. The van der Waals surface area contributed by atoms with Gasteiger partial charge >= 0.3 is 0 Å². The Kier molecular flexibility index (Phi) is 7.91. The first kappa shape index (κ1) is 20.2. The summed E-state index contributed by atoms with van der Waals surface area (Å²) in [4.78, 5) is 4.11. The lowest BCUT2D eigenvalue weighted by Gasteiger charge is -2.30. The summed E-state index contributed by atoms with van der Waals surface area (Å²) in [5.74, 6) is -0.724. The van der Waals surface area contributed by atoms with Crippen LogP contribution in [0.2, 0.25) is 0 Å². The van der Waals surface area contributed by atoms with Gasteiger partial charge in [-0.1, -0.05) is 20.8 Å². The molecular weight excluding hydrogens is 316 g/mol. The summed E-state index contributed by atoms with van der Waals surface area (Å²) in [5, 5.41) is 6.24. The number of halogens is 2. The first-order chi connectivity index (χ1) is 11.3. The van der Waals surface area contributed by atoms with Gasteiger partial charge in [-0.05, 0) is 17.5 Å². The number of aliphatic imine (C=N–C) groups is 1. The molecule has 1 aromatic rings. The maximum atomic E-state index is 13.4. The molecule has 24 heavy (non-hydrogen) atoms. The maximum absolute atomic E-state index is 13.4. The van der Waals surface area contributed by atoms with Crippen LogP contribution < -0.4 is 15.4 Å². The quantitative estimate of drug-likeness (QED) is 0.454. The maximum Gasteiger partial charge on any atom is 0.191 e. The number of methoxy groups -OCH3 is 1. The molecule has 0 fully saturated rings. The van der Waals surface area contributed by atoms with Crippen molar-refractivity contribution in [2.75, 3.05) is 33.9 Å². The van der Waals surface area contributed by atoms with Crippen LogP contribution in [0.15, 0.2) is 23.2 Å². The lowest BCUT2D eigenvalue weighted by molar-refractivity contribution is 0.0205. The third kappa shape index (κ3) is 6.70. The van der Waals surface area contributed by atoms with Gasteiger partial charge in [-0.25, -0.2) is 8.78 Å². The van der Waals surface area contributed by atoms with E-state index < -0.39 is 11.6 Å². The number of guanidine groups is 1. The van der Waals surface area contributed by atoms with Crippen LogP contribution in [0.3, 0.4) is 0 Å². The molecule has 1 atom stereocenters. The molecule has 1 rings (SSSR count). The third-order valence-electron chi connectivity index (χ3n) is 3.47. The van der Waals surface area contributed by atoms with E-state index in [2.05, 4.69) is 36.4 Å². The average molecular weight is 343 g/mol. The number of rotatable bonds is 7. The molecule has 0 aliphatic carbocycles. The van der Waals surface area contributed by atoms with Crippen molar-refractivity contribution >= 4 is 5.96 Å². The van der Waals surface area contributed by atoms with Crippen LogP contribution in [0.5, 0.6) is 5.75 Å². The van der Waals surface area contributed by atoms with Gasteiger partial charge in [0.15, 0.2) is 17.5 Å². The highest BCUT2D eigenvalue weighted by Crippen LogP contribution is 2.21. The van der Waals surface area contributed by atoms with Crippen LogP contribution in [0.25, 0.3) is 0 Å². The van der Waals surface area contributed by atoms with Crippen LogP contribution in [0, 0.1) is 17.0 Å². The Morgan fingerprint density at radius 3 is 2.50 bits per heavy atom. The van der Waals surface area contributed by atoms with E-state index in [-0.39, 0.29) is 23.9 Å². The van der Waals surface area contributed by atoms with Crippen molar-refractivity contribution < 1.29 is 18.3 Å². The van der Waals surface area contributed by atoms with Gasteiger partial charge in [0.05, 0.1) is 12.6 Å². The summed E-state index contributed by atoms with van der Waals surface area (Å²) in [6, 6.07) is 3.22. The molecule has 0 heterocycles. The molecule has 5 nitrogen and oxygen atoms in total. The molecule has 1 unspecified atom stereocenters. The predicted molar refractivity (Wildman–Crippen MR) is 91.5 cm³/mol. The Labute approximate surface area is 142 Å². The van der Waals surface area contributed by atoms with Gasteiger partial charge in [0.25, 0.3) is 0 Å². The zero-order valence-corrected chi connectivity index (χ0v) is 15.0. The van der Waals surface area contributed by atoms with Crippen molar-refractivity contribution in [3.63, 3.8) is 0 Å². The molecule has 0 saturated heterocycles. The minimum Gasteiger partial charge on any atom is -0.489 e. The fraction of sp³-hybridized carbons (Fsp3) is 0.588. The van der Waals surface area contributed by atoms with Crippen LogP contribution in [0.4, 0.5) is 8.78 Å². The zero-order valence-electron chi connectivity index (χ0n) is 15.0. The molecule has 7 heteroatoms. The van der Waals surface area contributed by atoms with E-state index in [1.54, 1.807) is 14.2 Å². The van der Waals surface area contributed by atoms with E-state index in [4.69, 9.17) is 9.47 Å². The molecule has 136 valence electrons. The summed E-state index contributed by atoms with van der Waals surface area (Å²) in [5.41, 5.74) is 0.00379. The van der Waals surface area contributed by atoms with Gasteiger partial charge in [0.2, 0.25) is 0 Å². The third-order valence-corrected chi connectivity index (χ3v) is 3.47. The second-order valence-corrected chi connectivity index (χ2v) is 6.39. The van der Waals surface area contributed by atoms with Gasteiger partial charge in [0.1, 0.15) is 12.4 Å². The molecular formula is C17H27F2N3O2. The van der Waals surface area contributed by atoms with E-state index in [1.807, 2.05) is 0 Å². The summed E-state index contributed by atoms with van der Waals surface area (Å²) < 4.78 is 37.0. The molecule has 0 saturated carbocycles. The Hall–Kier alpha value is -1.89. The molecule has 0 aromatic heterocycles. The number of ether oxygens (including phenoxy) is 2. The van der Waals surface area contributed by atoms with Crippen LogP contribution in [-0.4, -0.2) is 45.9 Å². The number of hydrogen-bond acceptors (Lipinski definition) is 3. The normalized spacial score (nSPS) is 13.5. The molecule has 0 spiro atoms. The van der Waals surface area contributed by atoms with E-state index in [9.17, 15) is 8.78 Å². The second kappa shape index (κ2) is 9.42. The fourth-order valence-corrected chi connectivity index (χ4v) is 2.08. The molecule has 0 bridgehead atoms. The molecule has 1 aromatic carbocycles. The second-order valence-electron chi connectivity index (χ2n) is 6.39. The van der Waals surface area contributed by atoms with Gasteiger partial charge in [0, 0.05) is 26.8 Å².